The van der Waals surface area contributed by atoms with Gasteiger partial charge in [-0.2, -0.15) is 0 Å². The Bertz CT molecular complexity index is 198. The minimum absolute atomic E-state index is 0.435. The first-order valence-corrected chi connectivity index (χ1v) is 7.36. The number of likely N-dealkylation sites (N-methyl/N-ethyl adjacent to an activating group) is 1. The highest BCUT2D eigenvalue weighted by molar-refractivity contribution is 4.81. The third kappa shape index (κ3) is 4.23. The monoisotopic (exact) mass is 241 g/mol. The third-order valence-corrected chi connectivity index (χ3v) is 3.95. The van der Waals surface area contributed by atoms with Crippen molar-refractivity contribution < 1.29 is 9.47 Å². The molecule has 3 unspecified atom stereocenters. The average Bonchev–Trinajstić information content (AvgIpc) is 2.88. The van der Waals surface area contributed by atoms with Gasteiger partial charge in [-0.3, -0.25) is 0 Å². The fraction of sp³-hybridized carbons (Fsp3) is 1.00. The van der Waals surface area contributed by atoms with Crippen molar-refractivity contribution in [2.24, 2.45) is 0 Å². The van der Waals surface area contributed by atoms with E-state index < -0.39 is 0 Å². The van der Waals surface area contributed by atoms with E-state index in [0.717, 1.165) is 19.8 Å². The van der Waals surface area contributed by atoms with Crippen LogP contribution in [0.4, 0.5) is 0 Å². The van der Waals surface area contributed by atoms with Crippen LogP contribution in [0.25, 0.3) is 0 Å². The van der Waals surface area contributed by atoms with E-state index in [-0.39, 0.29) is 0 Å². The van der Waals surface area contributed by atoms with Crippen LogP contribution in [0.1, 0.15) is 51.9 Å². The first-order valence-electron chi connectivity index (χ1n) is 7.36. The highest BCUT2D eigenvalue weighted by atomic mass is 16.5. The van der Waals surface area contributed by atoms with Crippen LogP contribution in [0.5, 0.6) is 0 Å². The van der Waals surface area contributed by atoms with E-state index in [1.807, 2.05) is 0 Å². The van der Waals surface area contributed by atoms with Gasteiger partial charge in [0.25, 0.3) is 0 Å². The number of nitrogens with one attached hydrogen (secondary N) is 1. The Morgan fingerprint density at radius 3 is 2.65 bits per heavy atom. The zero-order valence-electron chi connectivity index (χ0n) is 11.1. The van der Waals surface area contributed by atoms with Gasteiger partial charge in [0.1, 0.15) is 0 Å². The Morgan fingerprint density at radius 1 is 1.12 bits per heavy atom. The number of ether oxygens (including phenoxy) is 2. The van der Waals surface area contributed by atoms with E-state index in [4.69, 9.17) is 9.47 Å². The summed E-state index contributed by atoms with van der Waals surface area (Å²) >= 11 is 0. The number of hydrogen-bond acceptors (Lipinski definition) is 3. The van der Waals surface area contributed by atoms with Crippen molar-refractivity contribution in [3.8, 4) is 0 Å². The van der Waals surface area contributed by atoms with Gasteiger partial charge in [-0.25, -0.2) is 0 Å². The van der Waals surface area contributed by atoms with E-state index in [9.17, 15) is 0 Å². The molecule has 2 rings (SSSR count). The molecule has 0 aliphatic carbocycles. The molecule has 2 aliphatic heterocycles. The molecule has 0 amide bonds. The van der Waals surface area contributed by atoms with Crippen LogP contribution >= 0.6 is 0 Å². The summed E-state index contributed by atoms with van der Waals surface area (Å²) in [5, 5.41) is 3.60. The quantitative estimate of drug-likeness (QED) is 0.775. The number of hydrogen-bond donors (Lipinski definition) is 1. The lowest BCUT2D eigenvalue weighted by Gasteiger charge is -2.31. The summed E-state index contributed by atoms with van der Waals surface area (Å²) in [5.41, 5.74) is 0. The van der Waals surface area contributed by atoms with Crippen molar-refractivity contribution in [3.05, 3.63) is 0 Å². The zero-order chi connectivity index (χ0) is 11.9. The van der Waals surface area contributed by atoms with E-state index >= 15 is 0 Å². The normalized spacial score (nSPS) is 31.6. The summed E-state index contributed by atoms with van der Waals surface area (Å²) in [6, 6.07) is 0.532. The maximum absolute atomic E-state index is 5.90. The minimum atomic E-state index is 0.435. The summed E-state index contributed by atoms with van der Waals surface area (Å²) in [5.74, 6) is 0. The number of rotatable bonds is 6. The second kappa shape index (κ2) is 7.34. The first-order chi connectivity index (χ1) is 8.40. The molecule has 0 radical (unpaired) electrons. The van der Waals surface area contributed by atoms with Gasteiger partial charge in [-0.15, -0.1) is 0 Å². The molecule has 2 fully saturated rings. The van der Waals surface area contributed by atoms with Gasteiger partial charge < -0.3 is 14.8 Å². The molecular weight excluding hydrogens is 214 g/mol. The van der Waals surface area contributed by atoms with Gasteiger partial charge in [0.15, 0.2) is 0 Å². The Morgan fingerprint density at radius 2 is 2.00 bits per heavy atom. The van der Waals surface area contributed by atoms with Gasteiger partial charge in [0.2, 0.25) is 0 Å². The second-order valence-corrected chi connectivity index (χ2v) is 5.28. The lowest BCUT2D eigenvalue weighted by molar-refractivity contribution is -0.0125. The van der Waals surface area contributed by atoms with E-state index in [2.05, 4.69) is 12.2 Å². The maximum atomic E-state index is 5.90. The molecule has 0 bridgehead atoms. The fourth-order valence-electron chi connectivity index (χ4n) is 3.00. The van der Waals surface area contributed by atoms with Crippen LogP contribution < -0.4 is 5.32 Å². The zero-order valence-corrected chi connectivity index (χ0v) is 11.1. The van der Waals surface area contributed by atoms with Crippen LogP contribution in [0, 0.1) is 0 Å². The molecule has 0 aromatic rings. The van der Waals surface area contributed by atoms with Crippen molar-refractivity contribution in [2.45, 2.75) is 70.1 Å². The molecular formula is C14H27NO2. The van der Waals surface area contributed by atoms with Gasteiger partial charge in [0, 0.05) is 19.3 Å². The summed E-state index contributed by atoms with van der Waals surface area (Å²) in [4.78, 5) is 0. The van der Waals surface area contributed by atoms with Crippen LogP contribution in [-0.2, 0) is 9.47 Å². The topological polar surface area (TPSA) is 30.5 Å². The van der Waals surface area contributed by atoms with Crippen molar-refractivity contribution in [1.29, 1.82) is 0 Å². The molecule has 1 N–H and O–H groups in total. The van der Waals surface area contributed by atoms with Gasteiger partial charge >= 0.3 is 0 Å². The van der Waals surface area contributed by atoms with Crippen LogP contribution in [0.3, 0.4) is 0 Å². The smallest absolute Gasteiger partial charge is 0.0728 e. The largest absolute Gasteiger partial charge is 0.378 e. The standard InChI is InChI=1S/C14H27NO2/c1-2-15-13(14-7-3-4-10-17-14)9-8-12-6-5-11-16-12/h12-15H,2-11H2,1H3. The predicted molar refractivity (Wildman–Crippen MR) is 69.3 cm³/mol. The molecule has 2 saturated heterocycles. The summed E-state index contributed by atoms with van der Waals surface area (Å²) < 4.78 is 11.6. The molecule has 3 nitrogen and oxygen atoms in total. The van der Waals surface area contributed by atoms with E-state index in [1.54, 1.807) is 0 Å². The summed E-state index contributed by atoms with van der Waals surface area (Å²) in [6.45, 7) is 5.14. The van der Waals surface area contributed by atoms with E-state index in [1.165, 1.54) is 44.9 Å². The second-order valence-electron chi connectivity index (χ2n) is 5.28. The summed E-state index contributed by atoms with van der Waals surface area (Å²) in [6.07, 6.45) is 9.63. The molecule has 3 heteroatoms. The molecule has 0 saturated carbocycles. The highest BCUT2D eigenvalue weighted by Crippen LogP contribution is 2.22. The van der Waals surface area contributed by atoms with Gasteiger partial charge in [-0.1, -0.05) is 6.92 Å². The Balaban J connectivity index is 1.74. The van der Waals surface area contributed by atoms with Crippen molar-refractivity contribution >= 4 is 0 Å². The van der Waals surface area contributed by atoms with E-state index in [0.29, 0.717) is 18.2 Å². The molecule has 2 aliphatic rings. The lowest BCUT2D eigenvalue weighted by Crippen LogP contribution is -2.43. The third-order valence-electron chi connectivity index (χ3n) is 3.95. The van der Waals surface area contributed by atoms with Crippen molar-refractivity contribution in [2.75, 3.05) is 19.8 Å². The lowest BCUT2D eigenvalue weighted by atomic mass is 9.96. The van der Waals surface area contributed by atoms with Gasteiger partial charge in [-0.05, 0) is 51.5 Å². The fourth-order valence-corrected chi connectivity index (χ4v) is 3.00. The van der Waals surface area contributed by atoms with Crippen LogP contribution in [-0.4, -0.2) is 38.0 Å². The minimum Gasteiger partial charge on any atom is -0.378 e. The van der Waals surface area contributed by atoms with Crippen molar-refractivity contribution in [1.82, 2.24) is 5.32 Å². The van der Waals surface area contributed by atoms with Crippen molar-refractivity contribution in [3.63, 3.8) is 0 Å². The SMILES string of the molecule is CCNC(CCC1CCCO1)C1CCCCO1. The summed E-state index contributed by atoms with van der Waals surface area (Å²) in [7, 11) is 0. The van der Waals surface area contributed by atoms with Crippen LogP contribution in [0.15, 0.2) is 0 Å². The molecule has 0 spiro atoms. The molecule has 3 atom stereocenters. The Hall–Kier alpha value is -0.120. The highest BCUT2D eigenvalue weighted by Gasteiger charge is 2.25. The Labute approximate surface area is 105 Å². The molecule has 0 aromatic carbocycles. The molecule has 0 aromatic heterocycles. The predicted octanol–water partition coefficient (Wildman–Crippen LogP) is 2.49. The molecule has 2 heterocycles. The maximum Gasteiger partial charge on any atom is 0.0728 e. The van der Waals surface area contributed by atoms with Crippen LogP contribution in [0.2, 0.25) is 0 Å². The molecule has 17 heavy (non-hydrogen) atoms. The molecule has 100 valence electrons. The first kappa shape index (κ1) is 13.3. The van der Waals surface area contributed by atoms with Gasteiger partial charge in [0.05, 0.1) is 12.2 Å². The Kier molecular flexibility index (Phi) is 5.75. The average molecular weight is 241 g/mol.